The number of aliphatic imine (C=N–C) groups is 1. The molecule has 0 unspecified atom stereocenters. The molecule has 0 amide bonds. The molecule has 0 aromatic heterocycles. The highest BCUT2D eigenvalue weighted by molar-refractivity contribution is 5.97. The van der Waals surface area contributed by atoms with E-state index in [2.05, 4.69) is 15.5 Å². The molecular weight excluding hydrogens is 454 g/mol. The Morgan fingerprint density at radius 2 is 1.78 bits per heavy atom. The quantitative estimate of drug-likeness (QED) is 0.139. The lowest BCUT2D eigenvalue weighted by molar-refractivity contribution is -0.137. The third kappa shape index (κ3) is 9.10. The Labute approximate surface area is 211 Å². The van der Waals surface area contributed by atoms with Crippen LogP contribution in [0.5, 0.6) is 0 Å². The topological polar surface area (TPSA) is 92.5 Å². The minimum Gasteiger partial charge on any atom is -0.493 e. The largest absolute Gasteiger partial charge is 0.493 e. The number of nitrogens with one attached hydrogen (secondary N) is 1. The Kier molecular flexibility index (Phi) is 10.8. The van der Waals surface area contributed by atoms with Gasteiger partial charge in [-0.15, -0.1) is 0 Å². The molecule has 3 rings (SSSR count). The smallest absolute Gasteiger partial charge is 0.303 e. The summed E-state index contributed by atoms with van der Waals surface area (Å²) in [7, 11) is 1.71. The maximum absolute atomic E-state index is 10.5. The Bertz CT molecular complexity index is 1160. The van der Waals surface area contributed by atoms with Crippen molar-refractivity contribution < 1.29 is 19.4 Å². The third-order valence-corrected chi connectivity index (χ3v) is 5.10. The van der Waals surface area contributed by atoms with E-state index in [1.165, 1.54) is 0 Å². The molecular formula is C29H31N3O4. The van der Waals surface area contributed by atoms with Crippen molar-refractivity contribution in [1.82, 2.24) is 5.43 Å². The second kappa shape index (κ2) is 14.8. The van der Waals surface area contributed by atoms with Crippen molar-refractivity contribution in [2.45, 2.75) is 19.3 Å². The summed E-state index contributed by atoms with van der Waals surface area (Å²) in [6.45, 7) is 0.842. The summed E-state index contributed by atoms with van der Waals surface area (Å²) >= 11 is 0. The number of allylic oxidation sites excluding steroid dienone is 5. The zero-order valence-corrected chi connectivity index (χ0v) is 20.3. The molecule has 0 fully saturated rings. The number of carboxylic acid groups (broad SMARTS) is 1. The molecule has 36 heavy (non-hydrogen) atoms. The Hall–Kier alpha value is -4.39. The lowest BCUT2D eigenvalue weighted by Crippen LogP contribution is -2.09. The number of hydrogen-bond acceptors (Lipinski definition) is 6. The number of ether oxygens (including phenoxy) is 2. The first-order valence-corrected chi connectivity index (χ1v) is 11.8. The van der Waals surface area contributed by atoms with E-state index in [1.54, 1.807) is 13.3 Å². The highest BCUT2D eigenvalue weighted by atomic mass is 16.5. The molecule has 1 aliphatic carbocycles. The van der Waals surface area contributed by atoms with Gasteiger partial charge in [0.05, 0.1) is 6.21 Å². The fraction of sp³-hybridized carbons (Fsp3) is 0.207. The first-order chi connectivity index (χ1) is 17.7. The number of benzene rings is 2. The van der Waals surface area contributed by atoms with E-state index in [4.69, 9.17) is 14.6 Å². The van der Waals surface area contributed by atoms with Gasteiger partial charge in [0.1, 0.15) is 18.1 Å². The number of rotatable bonds is 12. The van der Waals surface area contributed by atoms with Gasteiger partial charge in [-0.3, -0.25) is 9.79 Å². The van der Waals surface area contributed by atoms with Gasteiger partial charge in [-0.1, -0.05) is 66.8 Å². The highest BCUT2D eigenvalue weighted by Gasteiger charge is 2.10. The van der Waals surface area contributed by atoms with Crippen molar-refractivity contribution in [3.63, 3.8) is 0 Å². The van der Waals surface area contributed by atoms with Gasteiger partial charge < -0.3 is 20.0 Å². The summed E-state index contributed by atoms with van der Waals surface area (Å²) in [5.74, 6) is 1.22. The normalized spacial score (nSPS) is 14.1. The van der Waals surface area contributed by atoms with Crippen LogP contribution < -0.4 is 5.43 Å². The standard InChI is InChI=1S/C29H31N3O4/c1-30-29(25-13-6-3-7-14-25)36-27(24-11-4-2-5-12-24)19-21-35-26-15-8-10-23(17-18-26)22-32-31-20-9-16-28(33)34/h2-8,10-14,17-19,22,31H,9,15-16,20-21H2,1H3,(H,33,34)/b27-19+,30-29?,32-22-. The molecule has 0 spiro atoms. The summed E-state index contributed by atoms with van der Waals surface area (Å²) in [5.41, 5.74) is 5.60. The molecule has 7 nitrogen and oxygen atoms in total. The van der Waals surface area contributed by atoms with Crippen molar-refractivity contribution in [3.05, 3.63) is 114 Å². The molecule has 2 aromatic carbocycles. The first kappa shape index (κ1) is 26.2. The van der Waals surface area contributed by atoms with Crippen molar-refractivity contribution in [1.29, 1.82) is 0 Å². The minimum absolute atomic E-state index is 0.124. The van der Waals surface area contributed by atoms with Crippen LogP contribution in [0.2, 0.25) is 0 Å². The summed E-state index contributed by atoms with van der Waals surface area (Å²) in [6.07, 6.45) is 12.7. The van der Waals surface area contributed by atoms with E-state index in [1.807, 2.05) is 91.0 Å². The maximum atomic E-state index is 10.5. The van der Waals surface area contributed by atoms with Crippen LogP contribution in [0.25, 0.3) is 5.76 Å². The highest BCUT2D eigenvalue weighted by Crippen LogP contribution is 2.19. The van der Waals surface area contributed by atoms with E-state index in [9.17, 15) is 4.79 Å². The second-order valence-corrected chi connectivity index (χ2v) is 7.81. The number of hydrogen-bond donors (Lipinski definition) is 2. The van der Waals surface area contributed by atoms with Crippen LogP contribution in [0.1, 0.15) is 30.4 Å². The van der Waals surface area contributed by atoms with E-state index in [0.29, 0.717) is 37.7 Å². The zero-order chi connectivity index (χ0) is 25.4. The average Bonchev–Trinajstić information content (AvgIpc) is 3.14. The molecule has 0 bridgehead atoms. The van der Waals surface area contributed by atoms with Gasteiger partial charge in [-0.2, -0.15) is 5.10 Å². The number of nitrogens with zero attached hydrogens (tertiary/aromatic N) is 2. The van der Waals surface area contributed by atoms with E-state index in [0.717, 1.165) is 22.5 Å². The second-order valence-electron chi connectivity index (χ2n) is 7.81. The Morgan fingerprint density at radius 1 is 1.06 bits per heavy atom. The molecule has 0 saturated heterocycles. The fourth-order valence-electron chi connectivity index (χ4n) is 3.28. The molecule has 0 heterocycles. The Morgan fingerprint density at radius 3 is 2.47 bits per heavy atom. The average molecular weight is 486 g/mol. The molecule has 0 radical (unpaired) electrons. The molecule has 1 aliphatic rings. The lowest BCUT2D eigenvalue weighted by Gasteiger charge is -2.13. The van der Waals surface area contributed by atoms with E-state index >= 15 is 0 Å². The predicted octanol–water partition coefficient (Wildman–Crippen LogP) is 5.35. The molecule has 2 N–H and O–H groups in total. The third-order valence-electron chi connectivity index (χ3n) is 5.10. The van der Waals surface area contributed by atoms with Crippen LogP contribution in [-0.4, -0.2) is 43.4 Å². The predicted molar refractivity (Wildman–Crippen MR) is 144 cm³/mol. The zero-order valence-electron chi connectivity index (χ0n) is 20.3. The number of carbonyl (C=O) groups is 1. The van der Waals surface area contributed by atoms with Gasteiger partial charge in [0.2, 0.25) is 5.90 Å². The van der Waals surface area contributed by atoms with Crippen molar-refractivity contribution >= 4 is 23.8 Å². The van der Waals surface area contributed by atoms with E-state index < -0.39 is 5.97 Å². The van der Waals surface area contributed by atoms with Crippen LogP contribution in [-0.2, 0) is 14.3 Å². The van der Waals surface area contributed by atoms with Gasteiger partial charge in [0.15, 0.2) is 0 Å². The van der Waals surface area contributed by atoms with Crippen molar-refractivity contribution in [2.24, 2.45) is 10.1 Å². The monoisotopic (exact) mass is 485 g/mol. The number of hydrazone groups is 1. The molecule has 7 heteroatoms. The van der Waals surface area contributed by atoms with Crippen LogP contribution in [0.4, 0.5) is 0 Å². The summed E-state index contributed by atoms with van der Waals surface area (Å²) in [5, 5.41) is 12.8. The van der Waals surface area contributed by atoms with Crippen molar-refractivity contribution in [2.75, 3.05) is 20.2 Å². The van der Waals surface area contributed by atoms with Gasteiger partial charge in [-0.05, 0) is 36.3 Å². The van der Waals surface area contributed by atoms with Crippen LogP contribution in [0.3, 0.4) is 0 Å². The Balaban J connectivity index is 1.62. The SMILES string of the molecule is CN=C(O/C(=C/COC1=CC=C(/C=N\NCCCC(=O)O)C=CC1)c1ccccc1)c1ccccc1. The molecule has 0 saturated carbocycles. The first-order valence-electron chi connectivity index (χ1n) is 11.8. The van der Waals surface area contributed by atoms with E-state index in [-0.39, 0.29) is 6.42 Å². The molecule has 0 atom stereocenters. The van der Waals surface area contributed by atoms with Crippen LogP contribution in [0, 0.1) is 0 Å². The number of carboxylic acids is 1. The van der Waals surface area contributed by atoms with Crippen LogP contribution in [0.15, 0.2) is 112 Å². The maximum Gasteiger partial charge on any atom is 0.303 e. The van der Waals surface area contributed by atoms with Gasteiger partial charge in [0, 0.05) is 37.6 Å². The molecule has 2 aromatic rings. The fourth-order valence-corrected chi connectivity index (χ4v) is 3.28. The van der Waals surface area contributed by atoms with Gasteiger partial charge >= 0.3 is 5.97 Å². The number of aliphatic carboxylic acids is 1. The summed E-state index contributed by atoms with van der Waals surface area (Å²) in [4.78, 5) is 14.9. The molecule has 0 aliphatic heterocycles. The van der Waals surface area contributed by atoms with Gasteiger partial charge in [-0.25, -0.2) is 0 Å². The molecule has 186 valence electrons. The lowest BCUT2D eigenvalue weighted by atomic mass is 10.1. The van der Waals surface area contributed by atoms with Crippen LogP contribution >= 0.6 is 0 Å². The summed E-state index contributed by atoms with van der Waals surface area (Å²) < 4.78 is 12.2. The minimum atomic E-state index is -0.805. The van der Waals surface area contributed by atoms with Crippen molar-refractivity contribution in [3.8, 4) is 0 Å². The summed E-state index contributed by atoms with van der Waals surface area (Å²) in [6, 6.07) is 19.6. The van der Waals surface area contributed by atoms with Gasteiger partial charge in [0.25, 0.3) is 0 Å².